The molecule has 2 aromatic carbocycles. The van der Waals surface area contributed by atoms with Crippen LogP contribution < -0.4 is 0 Å². The van der Waals surface area contributed by atoms with Gasteiger partial charge in [-0.1, -0.05) is 71.0 Å². The van der Waals surface area contributed by atoms with Crippen molar-refractivity contribution in [1.29, 1.82) is 0 Å². The van der Waals surface area contributed by atoms with Crippen molar-refractivity contribution in [3.8, 4) is 0 Å². The maximum atomic E-state index is 9.16. The third-order valence-electron chi connectivity index (χ3n) is 3.00. The summed E-state index contributed by atoms with van der Waals surface area (Å²) >= 11 is 0. The Labute approximate surface area is 117 Å². The van der Waals surface area contributed by atoms with Gasteiger partial charge in [0, 0.05) is 12.8 Å². The van der Waals surface area contributed by atoms with Gasteiger partial charge in [0.2, 0.25) is 0 Å². The Balaban J connectivity index is 2.13. The molecule has 0 aliphatic heterocycles. The van der Waals surface area contributed by atoms with Crippen LogP contribution in [0.5, 0.6) is 0 Å². The molecule has 0 atom stereocenters. The van der Waals surface area contributed by atoms with E-state index in [2.05, 4.69) is 10.3 Å². The van der Waals surface area contributed by atoms with Crippen LogP contribution in [-0.4, -0.2) is 21.8 Å². The molecular formula is C16H16N2O2. The van der Waals surface area contributed by atoms with Gasteiger partial charge in [-0.25, -0.2) is 0 Å². The Kier molecular flexibility index (Phi) is 4.89. The van der Waals surface area contributed by atoms with Crippen LogP contribution in [0.1, 0.15) is 11.1 Å². The lowest BCUT2D eigenvalue weighted by Crippen LogP contribution is -2.20. The van der Waals surface area contributed by atoms with E-state index in [1.54, 1.807) is 0 Å². The number of hydrogen-bond donors (Lipinski definition) is 2. The largest absolute Gasteiger partial charge is 0.411 e. The van der Waals surface area contributed by atoms with E-state index in [4.69, 9.17) is 10.4 Å². The first kappa shape index (κ1) is 13.8. The number of oxime groups is 2. The van der Waals surface area contributed by atoms with E-state index in [1.165, 1.54) is 0 Å². The van der Waals surface area contributed by atoms with E-state index in [-0.39, 0.29) is 0 Å². The van der Waals surface area contributed by atoms with Crippen LogP contribution in [0.2, 0.25) is 0 Å². The molecule has 4 heteroatoms. The molecule has 0 saturated carbocycles. The third-order valence-corrected chi connectivity index (χ3v) is 3.00. The fourth-order valence-corrected chi connectivity index (χ4v) is 1.97. The molecule has 2 aromatic rings. The molecule has 0 spiro atoms. The van der Waals surface area contributed by atoms with Crippen LogP contribution in [0.3, 0.4) is 0 Å². The molecule has 0 aliphatic rings. The summed E-state index contributed by atoms with van der Waals surface area (Å²) in [5.74, 6) is 0. The topological polar surface area (TPSA) is 65.2 Å². The molecule has 0 aliphatic carbocycles. The van der Waals surface area contributed by atoms with Crippen LogP contribution in [-0.2, 0) is 12.8 Å². The third kappa shape index (κ3) is 3.68. The van der Waals surface area contributed by atoms with E-state index in [0.717, 1.165) is 11.1 Å². The van der Waals surface area contributed by atoms with Crippen LogP contribution in [0.4, 0.5) is 0 Å². The van der Waals surface area contributed by atoms with E-state index in [9.17, 15) is 0 Å². The van der Waals surface area contributed by atoms with Gasteiger partial charge in [0.05, 0.1) is 0 Å². The number of nitrogens with zero attached hydrogens (tertiary/aromatic N) is 2. The van der Waals surface area contributed by atoms with Crippen molar-refractivity contribution in [3.05, 3.63) is 71.8 Å². The average Bonchev–Trinajstić information content (AvgIpc) is 2.52. The monoisotopic (exact) mass is 268 g/mol. The fourth-order valence-electron chi connectivity index (χ4n) is 1.97. The Hall–Kier alpha value is -2.62. The van der Waals surface area contributed by atoms with Gasteiger partial charge in [0.15, 0.2) is 0 Å². The van der Waals surface area contributed by atoms with Gasteiger partial charge < -0.3 is 10.4 Å². The predicted molar refractivity (Wildman–Crippen MR) is 78.7 cm³/mol. The molecule has 0 aromatic heterocycles. The minimum absolute atomic E-state index is 0.363. The smallest absolute Gasteiger partial charge is 0.109 e. The highest BCUT2D eigenvalue weighted by molar-refractivity contribution is 6.42. The zero-order valence-corrected chi connectivity index (χ0v) is 11.0. The normalized spacial score (nSPS) is 12.4. The Morgan fingerprint density at radius 2 is 1.00 bits per heavy atom. The van der Waals surface area contributed by atoms with Crippen molar-refractivity contribution >= 4 is 11.4 Å². The zero-order chi connectivity index (χ0) is 14.2. The van der Waals surface area contributed by atoms with Gasteiger partial charge in [-0.15, -0.1) is 0 Å². The van der Waals surface area contributed by atoms with E-state index < -0.39 is 0 Å². The summed E-state index contributed by atoms with van der Waals surface area (Å²) in [6, 6.07) is 19.2. The second-order valence-corrected chi connectivity index (χ2v) is 4.42. The Bertz CT molecular complexity index is 537. The summed E-state index contributed by atoms with van der Waals surface area (Å²) in [6.07, 6.45) is 0.840. The molecule has 0 fully saturated rings. The van der Waals surface area contributed by atoms with Crippen molar-refractivity contribution in [2.75, 3.05) is 0 Å². The molecule has 0 heterocycles. The van der Waals surface area contributed by atoms with Gasteiger partial charge in [0.1, 0.15) is 11.4 Å². The molecule has 2 rings (SSSR count). The highest BCUT2D eigenvalue weighted by Gasteiger charge is 2.12. The number of hydrogen-bond acceptors (Lipinski definition) is 4. The minimum atomic E-state index is 0.363. The fraction of sp³-hybridized carbons (Fsp3) is 0.125. The van der Waals surface area contributed by atoms with Crippen molar-refractivity contribution < 1.29 is 10.4 Å². The molecule has 20 heavy (non-hydrogen) atoms. The second-order valence-electron chi connectivity index (χ2n) is 4.42. The van der Waals surface area contributed by atoms with Gasteiger partial charge in [-0.05, 0) is 11.1 Å². The van der Waals surface area contributed by atoms with E-state index in [1.807, 2.05) is 60.7 Å². The van der Waals surface area contributed by atoms with Crippen molar-refractivity contribution in [2.24, 2.45) is 10.3 Å². The Morgan fingerprint density at radius 3 is 1.30 bits per heavy atom. The molecule has 0 amide bonds. The molecule has 0 radical (unpaired) electrons. The highest BCUT2D eigenvalue weighted by atomic mass is 16.4. The second kappa shape index (κ2) is 7.09. The molecule has 2 N–H and O–H groups in total. The average molecular weight is 268 g/mol. The summed E-state index contributed by atoms with van der Waals surface area (Å²) in [5, 5.41) is 24.9. The molecule has 0 saturated heterocycles. The van der Waals surface area contributed by atoms with Crippen molar-refractivity contribution in [1.82, 2.24) is 0 Å². The lowest BCUT2D eigenvalue weighted by molar-refractivity contribution is 0.313. The van der Waals surface area contributed by atoms with Crippen LogP contribution in [0, 0.1) is 0 Å². The first-order chi connectivity index (χ1) is 9.83. The lowest BCUT2D eigenvalue weighted by atomic mass is 10.00. The first-order valence-electron chi connectivity index (χ1n) is 6.33. The number of benzene rings is 2. The van der Waals surface area contributed by atoms with Crippen LogP contribution >= 0.6 is 0 Å². The van der Waals surface area contributed by atoms with E-state index in [0.29, 0.717) is 24.3 Å². The van der Waals surface area contributed by atoms with Crippen LogP contribution in [0.15, 0.2) is 71.0 Å². The van der Waals surface area contributed by atoms with Crippen molar-refractivity contribution in [2.45, 2.75) is 12.8 Å². The van der Waals surface area contributed by atoms with Crippen molar-refractivity contribution in [3.63, 3.8) is 0 Å². The molecule has 0 bridgehead atoms. The molecule has 0 unspecified atom stereocenters. The minimum Gasteiger partial charge on any atom is -0.411 e. The highest BCUT2D eigenvalue weighted by Crippen LogP contribution is 2.07. The maximum absolute atomic E-state index is 9.16. The van der Waals surface area contributed by atoms with Crippen LogP contribution in [0.25, 0.3) is 0 Å². The SMILES string of the molecule is ON=C(Cc1ccccc1)/C(Cc1ccccc1)=N\O. The number of rotatable bonds is 5. The quantitative estimate of drug-likeness (QED) is 0.497. The molecular weight excluding hydrogens is 252 g/mol. The predicted octanol–water partition coefficient (Wildman–Crippen LogP) is 3.13. The van der Waals surface area contributed by atoms with E-state index >= 15 is 0 Å². The maximum Gasteiger partial charge on any atom is 0.109 e. The van der Waals surface area contributed by atoms with Gasteiger partial charge in [-0.3, -0.25) is 0 Å². The summed E-state index contributed by atoms with van der Waals surface area (Å²) in [6.45, 7) is 0. The molecule has 102 valence electrons. The molecule has 4 nitrogen and oxygen atoms in total. The standard InChI is InChI=1S/C16H16N2O2/c19-17-15(11-13-7-3-1-4-8-13)16(18-20)12-14-9-5-2-6-10-14/h1-10,19-20H,11-12H2/b17-15-,18-16?. The van der Waals surface area contributed by atoms with Gasteiger partial charge in [-0.2, -0.15) is 0 Å². The summed E-state index contributed by atoms with van der Waals surface area (Å²) in [4.78, 5) is 0. The lowest BCUT2D eigenvalue weighted by Gasteiger charge is -2.07. The summed E-state index contributed by atoms with van der Waals surface area (Å²) in [7, 11) is 0. The zero-order valence-electron chi connectivity index (χ0n) is 11.0. The summed E-state index contributed by atoms with van der Waals surface area (Å²) in [5.41, 5.74) is 2.72. The summed E-state index contributed by atoms with van der Waals surface area (Å²) < 4.78 is 0. The van der Waals surface area contributed by atoms with Gasteiger partial charge >= 0.3 is 0 Å². The Morgan fingerprint density at radius 1 is 0.650 bits per heavy atom. The van der Waals surface area contributed by atoms with Gasteiger partial charge in [0.25, 0.3) is 0 Å². The first-order valence-corrected chi connectivity index (χ1v) is 6.33.